The van der Waals surface area contributed by atoms with Crippen LogP contribution in [-0.2, 0) is 18.8 Å². The highest BCUT2D eigenvalue weighted by Crippen LogP contribution is 2.46. The van der Waals surface area contributed by atoms with Crippen LogP contribution in [0.15, 0.2) is 11.6 Å². The molecular formula is C20H37BO4. The maximum Gasteiger partial charge on any atom is 0.467 e. The second-order valence-corrected chi connectivity index (χ2v) is 9.35. The van der Waals surface area contributed by atoms with E-state index >= 15 is 0 Å². The van der Waals surface area contributed by atoms with Gasteiger partial charge in [0.2, 0.25) is 0 Å². The van der Waals surface area contributed by atoms with Crippen molar-refractivity contribution >= 4 is 13.1 Å². The molecule has 1 saturated heterocycles. The summed E-state index contributed by atoms with van der Waals surface area (Å²) in [4.78, 5) is 12.2. The van der Waals surface area contributed by atoms with Crippen molar-refractivity contribution in [1.82, 2.24) is 0 Å². The summed E-state index contributed by atoms with van der Waals surface area (Å²) in [6, 6.07) is 0. The average molecular weight is 352 g/mol. The molecule has 144 valence electrons. The molecule has 5 heteroatoms. The number of carbonyl (C=O) groups excluding carboxylic acids is 1. The Balaban J connectivity index is 2.99. The lowest BCUT2D eigenvalue weighted by atomic mass is 9.58. The number of hydrogen-bond donors (Lipinski definition) is 0. The predicted molar refractivity (Wildman–Crippen MR) is 104 cm³/mol. The molecule has 1 rings (SSSR count). The Morgan fingerprint density at radius 1 is 1.04 bits per heavy atom. The highest BCUT2D eigenvalue weighted by Gasteiger charge is 2.55. The van der Waals surface area contributed by atoms with Gasteiger partial charge in [-0.2, -0.15) is 0 Å². The standard InChI is InChI=1S/C20H37BO4/c1-11-15(13-17(3,4)16(22)23-12-2)14-18(5,6)21-24-19(7,8)20(9,10)25-21/h14H,11-13H2,1-10H3/b15-14+. The first-order valence-corrected chi connectivity index (χ1v) is 9.42. The van der Waals surface area contributed by atoms with E-state index in [0.29, 0.717) is 13.0 Å². The Morgan fingerprint density at radius 3 is 1.92 bits per heavy atom. The smallest absolute Gasteiger partial charge is 0.466 e. The molecule has 0 radical (unpaired) electrons. The molecule has 1 fully saturated rings. The first-order chi connectivity index (χ1) is 11.2. The van der Waals surface area contributed by atoms with Crippen LogP contribution in [0.25, 0.3) is 0 Å². The summed E-state index contributed by atoms with van der Waals surface area (Å²) in [6.07, 6.45) is 3.77. The van der Waals surface area contributed by atoms with Crippen molar-refractivity contribution in [3.8, 4) is 0 Å². The summed E-state index contributed by atoms with van der Waals surface area (Å²) in [5, 5.41) is -0.291. The van der Waals surface area contributed by atoms with Crippen LogP contribution in [0.2, 0.25) is 5.31 Å². The molecule has 0 aromatic rings. The largest absolute Gasteiger partial charge is 0.467 e. The van der Waals surface area contributed by atoms with Gasteiger partial charge in [0, 0.05) is 5.31 Å². The van der Waals surface area contributed by atoms with E-state index in [-0.39, 0.29) is 29.6 Å². The summed E-state index contributed by atoms with van der Waals surface area (Å²) in [5.74, 6) is -0.150. The molecule has 0 spiro atoms. The number of rotatable bonds is 7. The lowest BCUT2D eigenvalue weighted by Gasteiger charge is -2.32. The minimum absolute atomic E-state index is 0.150. The zero-order chi connectivity index (χ0) is 19.7. The van der Waals surface area contributed by atoms with Gasteiger partial charge in [-0.1, -0.05) is 32.4 Å². The Hall–Kier alpha value is -0.805. The van der Waals surface area contributed by atoms with Crippen molar-refractivity contribution in [2.75, 3.05) is 6.61 Å². The van der Waals surface area contributed by atoms with E-state index in [4.69, 9.17) is 14.0 Å². The van der Waals surface area contributed by atoms with Crippen molar-refractivity contribution < 1.29 is 18.8 Å². The van der Waals surface area contributed by atoms with Crippen LogP contribution in [-0.4, -0.2) is 30.9 Å². The molecule has 0 N–H and O–H groups in total. The molecule has 25 heavy (non-hydrogen) atoms. The van der Waals surface area contributed by atoms with E-state index in [9.17, 15) is 4.79 Å². The molecule has 0 amide bonds. The zero-order valence-corrected chi connectivity index (χ0v) is 17.9. The van der Waals surface area contributed by atoms with Gasteiger partial charge in [0.05, 0.1) is 23.2 Å². The normalized spacial score (nSPS) is 20.7. The fraction of sp³-hybridized carbons (Fsp3) is 0.850. The minimum Gasteiger partial charge on any atom is -0.466 e. The van der Waals surface area contributed by atoms with Crippen LogP contribution >= 0.6 is 0 Å². The zero-order valence-electron chi connectivity index (χ0n) is 17.9. The fourth-order valence-electron chi connectivity index (χ4n) is 2.99. The van der Waals surface area contributed by atoms with Crippen molar-refractivity contribution in [1.29, 1.82) is 0 Å². The molecule has 0 aliphatic carbocycles. The van der Waals surface area contributed by atoms with E-state index < -0.39 is 5.41 Å². The Labute approximate surface area is 154 Å². The summed E-state index contributed by atoms with van der Waals surface area (Å²) in [7, 11) is -0.315. The second-order valence-electron chi connectivity index (χ2n) is 9.35. The minimum atomic E-state index is -0.538. The lowest BCUT2D eigenvalue weighted by Crippen LogP contribution is -2.41. The molecule has 0 atom stereocenters. The molecule has 0 unspecified atom stereocenters. The topological polar surface area (TPSA) is 44.8 Å². The van der Waals surface area contributed by atoms with Crippen molar-refractivity contribution in [2.24, 2.45) is 5.41 Å². The molecule has 1 aliphatic heterocycles. The first-order valence-electron chi connectivity index (χ1n) is 9.42. The highest BCUT2D eigenvalue weighted by molar-refractivity contribution is 6.50. The number of ether oxygens (including phenoxy) is 1. The van der Waals surface area contributed by atoms with Crippen LogP contribution in [0.5, 0.6) is 0 Å². The van der Waals surface area contributed by atoms with E-state index in [0.717, 1.165) is 6.42 Å². The number of hydrogen-bond acceptors (Lipinski definition) is 4. The Morgan fingerprint density at radius 2 is 1.52 bits per heavy atom. The summed E-state index contributed by atoms with van der Waals surface area (Å²) in [5.41, 5.74) is -0.0134. The van der Waals surface area contributed by atoms with Crippen molar-refractivity contribution in [2.45, 2.75) is 98.6 Å². The SMILES string of the molecule is CCOC(=O)C(C)(C)C/C(=C/C(C)(C)B1OC(C)(C)C(C)(C)O1)CC. The Bertz CT molecular complexity index is 502. The van der Waals surface area contributed by atoms with Gasteiger partial charge in [-0.25, -0.2) is 0 Å². The van der Waals surface area contributed by atoms with Crippen molar-refractivity contribution in [3.63, 3.8) is 0 Å². The van der Waals surface area contributed by atoms with Gasteiger partial charge < -0.3 is 14.0 Å². The van der Waals surface area contributed by atoms with Gasteiger partial charge in [0.15, 0.2) is 0 Å². The van der Waals surface area contributed by atoms with Gasteiger partial charge in [0.25, 0.3) is 0 Å². The summed E-state index contributed by atoms with van der Waals surface area (Å²) < 4.78 is 17.7. The third-order valence-corrected chi connectivity index (χ3v) is 5.39. The van der Waals surface area contributed by atoms with Crippen molar-refractivity contribution in [3.05, 3.63) is 11.6 Å². The average Bonchev–Trinajstić information content (AvgIpc) is 2.67. The molecule has 0 bridgehead atoms. The van der Waals surface area contributed by atoms with Crippen LogP contribution in [0.1, 0.15) is 82.1 Å². The van der Waals surface area contributed by atoms with E-state index in [1.165, 1.54) is 5.57 Å². The van der Waals surface area contributed by atoms with Gasteiger partial charge in [-0.3, -0.25) is 4.79 Å². The third kappa shape index (κ3) is 5.10. The van der Waals surface area contributed by atoms with Gasteiger partial charge in [-0.05, 0) is 61.3 Å². The summed E-state index contributed by atoms with van der Waals surface area (Å²) in [6.45, 7) is 20.8. The monoisotopic (exact) mass is 352 g/mol. The van der Waals surface area contributed by atoms with Gasteiger partial charge >= 0.3 is 13.1 Å². The predicted octanol–water partition coefficient (Wildman–Crippen LogP) is 5.17. The second kappa shape index (κ2) is 7.44. The van der Waals surface area contributed by atoms with Gasteiger partial charge in [-0.15, -0.1) is 0 Å². The molecule has 1 aliphatic rings. The number of allylic oxidation sites excluding steroid dienone is 2. The van der Waals surface area contributed by atoms with E-state index in [2.05, 4.69) is 54.5 Å². The van der Waals surface area contributed by atoms with Crippen LogP contribution in [0, 0.1) is 5.41 Å². The first kappa shape index (κ1) is 22.2. The molecule has 0 aromatic carbocycles. The van der Waals surface area contributed by atoms with Crippen LogP contribution in [0.4, 0.5) is 0 Å². The molecule has 1 heterocycles. The van der Waals surface area contributed by atoms with E-state index in [1.807, 2.05) is 20.8 Å². The number of esters is 1. The van der Waals surface area contributed by atoms with Gasteiger partial charge in [0.1, 0.15) is 0 Å². The number of carbonyl (C=O) groups is 1. The lowest BCUT2D eigenvalue weighted by molar-refractivity contribution is -0.153. The quantitative estimate of drug-likeness (QED) is 0.360. The summed E-state index contributed by atoms with van der Waals surface area (Å²) >= 11 is 0. The Kier molecular flexibility index (Phi) is 6.62. The highest BCUT2D eigenvalue weighted by atomic mass is 16.7. The molecule has 0 aromatic heterocycles. The maximum absolute atomic E-state index is 12.2. The third-order valence-electron chi connectivity index (χ3n) is 5.39. The molecule has 0 saturated carbocycles. The van der Waals surface area contributed by atoms with Crippen LogP contribution in [0.3, 0.4) is 0 Å². The molecular weight excluding hydrogens is 315 g/mol. The van der Waals surface area contributed by atoms with E-state index in [1.54, 1.807) is 0 Å². The maximum atomic E-state index is 12.2. The fourth-order valence-corrected chi connectivity index (χ4v) is 2.99. The molecule has 4 nitrogen and oxygen atoms in total. The van der Waals surface area contributed by atoms with Crippen LogP contribution < -0.4 is 0 Å².